The van der Waals surface area contributed by atoms with Crippen molar-refractivity contribution in [3.8, 4) is 17.0 Å². The SMILES string of the molecule is COCCOc1cc(Cl)nc(-c2ccoc2)c1. The Labute approximate surface area is 104 Å². The Balaban J connectivity index is 2.18. The third kappa shape index (κ3) is 3.22. The fraction of sp³-hybridized carbons (Fsp3) is 0.250. The summed E-state index contributed by atoms with van der Waals surface area (Å²) in [6, 6.07) is 5.30. The van der Waals surface area contributed by atoms with Crippen LogP contribution in [0.5, 0.6) is 5.75 Å². The molecule has 2 rings (SSSR count). The second-order valence-electron chi connectivity index (χ2n) is 3.36. The molecule has 0 radical (unpaired) electrons. The maximum Gasteiger partial charge on any atom is 0.133 e. The fourth-order valence-electron chi connectivity index (χ4n) is 1.36. The Kier molecular flexibility index (Phi) is 4.01. The molecule has 2 aromatic rings. The zero-order chi connectivity index (χ0) is 12.1. The second kappa shape index (κ2) is 5.70. The molecule has 0 aromatic carbocycles. The van der Waals surface area contributed by atoms with Gasteiger partial charge in [-0.25, -0.2) is 4.98 Å². The molecular formula is C12H12ClNO3. The standard InChI is InChI=1S/C12H12ClNO3/c1-15-4-5-17-10-6-11(14-12(13)7-10)9-2-3-16-8-9/h2-3,6-8H,4-5H2,1H3. The predicted molar refractivity (Wildman–Crippen MR) is 64.3 cm³/mol. The molecule has 0 unspecified atom stereocenters. The first kappa shape index (κ1) is 12.0. The number of rotatable bonds is 5. The quantitative estimate of drug-likeness (QED) is 0.607. The van der Waals surface area contributed by atoms with Gasteiger partial charge in [0.1, 0.15) is 17.5 Å². The van der Waals surface area contributed by atoms with Crippen molar-refractivity contribution in [1.82, 2.24) is 4.98 Å². The van der Waals surface area contributed by atoms with E-state index in [2.05, 4.69) is 4.98 Å². The van der Waals surface area contributed by atoms with Gasteiger partial charge in [0.2, 0.25) is 0 Å². The molecule has 0 bridgehead atoms. The number of furan rings is 1. The van der Waals surface area contributed by atoms with Crippen molar-refractivity contribution in [3.05, 3.63) is 35.9 Å². The van der Waals surface area contributed by atoms with Crippen LogP contribution in [0, 0.1) is 0 Å². The van der Waals surface area contributed by atoms with Gasteiger partial charge in [-0.1, -0.05) is 11.6 Å². The number of aromatic nitrogens is 1. The van der Waals surface area contributed by atoms with Gasteiger partial charge in [-0.15, -0.1) is 0 Å². The molecule has 0 amide bonds. The number of nitrogens with zero attached hydrogens (tertiary/aromatic N) is 1. The lowest BCUT2D eigenvalue weighted by atomic mass is 10.2. The van der Waals surface area contributed by atoms with Gasteiger partial charge in [-0.05, 0) is 6.07 Å². The first-order valence-electron chi connectivity index (χ1n) is 5.11. The van der Waals surface area contributed by atoms with E-state index < -0.39 is 0 Å². The second-order valence-corrected chi connectivity index (χ2v) is 3.75. The monoisotopic (exact) mass is 253 g/mol. The van der Waals surface area contributed by atoms with Gasteiger partial charge < -0.3 is 13.9 Å². The molecule has 4 nitrogen and oxygen atoms in total. The van der Waals surface area contributed by atoms with E-state index in [0.717, 1.165) is 11.3 Å². The lowest BCUT2D eigenvalue weighted by Gasteiger charge is -2.07. The van der Waals surface area contributed by atoms with Crippen molar-refractivity contribution in [2.24, 2.45) is 0 Å². The van der Waals surface area contributed by atoms with Gasteiger partial charge in [0.05, 0.1) is 24.8 Å². The van der Waals surface area contributed by atoms with Gasteiger partial charge in [0.25, 0.3) is 0 Å². The minimum atomic E-state index is 0.385. The molecular weight excluding hydrogens is 242 g/mol. The average molecular weight is 254 g/mol. The van der Waals surface area contributed by atoms with E-state index >= 15 is 0 Å². The van der Waals surface area contributed by atoms with Crippen molar-refractivity contribution in [1.29, 1.82) is 0 Å². The number of halogens is 1. The van der Waals surface area contributed by atoms with Gasteiger partial charge in [0.15, 0.2) is 0 Å². The summed E-state index contributed by atoms with van der Waals surface area (Å²) in [5.74, 6) is 0.665. The van der Waals surface area contributed by atoms with Crippen LogP contribution in [0.1, 0.15) is 0 Å². The van der Waals surface area contributed by atoms with Crippen molar-refractivity contribution >= 4 is 11.6 Å². The van der Waals surface area contributed by atoms with E-state index in [1.807, 2.05) is 12.1 Å². The van der Waals surface area contributed by atoms with Gasteiger partial charge in [0, 0.05) is 24.8 Å². The normalized spacial score (nSPS) is 10.5. The van der Waals surface area contributed by atoms with Crippen LogP contribution in [-0.4, -0.2) is 25.3 Å². The van der Waals surface area contributed by atoms with Gasteiger partial charge in [-0.2, -0.15) is 0 Å². The number of pyridine rings is 1. The molecule has 0 aliphatic carbocycles. The van der Waals surface area contributed by atoms with E-state index in [0.29, 0.717) is 24.1 Å². The van der Waals surface area contributed by atoms with Crippen molar-refractivity contribution in [2.75, 3.05) is 20.3 Å². The Morgan fingerprint density at radius 3 is 2.94 bits per heavy atom. The van der Waals surface area contributed by atoms with Crippen LogP contribution in [0.15, 0.2) is 35.1 Å². The van der Waals surface area contributed by atoms with E-state index in [-0.39, 0.29) is 0 Å². The molecule has 5 heteroatoms. The molecule has 90 valence electrons. The van der Waals surface area contributed by atoms with Gasteiger partial charge in [-0.3, -0.25) is 0 Å². The molecule has 0 fully saturated rings. The van der Waals surface area contributed by atoms with Crippen LogP contribution in [0.4, 0.5) is 0 Å². The number of ether oxygens (including phenoxy) is 2. The molecule has 0 N–H and O–H groups in total. The molecule has 0 atom stereocenters. The molecule has 17 heavy (non-hydrogen) atoms. The highest BCUT2D eigenvalue weighted by Gasteiger charge is 2.05. The minimum absolute atomic E-state index is 0.385. The zero-order valence-electron chi connectivity index (χ0n) is 9.35. The first-order chi connectivity index (χ1) is 8.29. The Morgan fingerprint density at radius 1 is 1.35 bits per heavy atom. The number of methoxy groups -OCH3 is 1. The van der Waals surface area contributed by atoms with Crippen LogP contribution in [-0.2, 0) is 4.74 Å². The lowest BCUT2D eigenvalue weighted by molar-refractivity contribution is 0.146. The highest BCUT2D eigenvalue weighted by atomic mass is 35.5. The summed E-state index contributed by atoms with van der Waals surface area (Å²) >= 11 is 5.93. The third-order valence-corrected chi connectivity index (χ3v) is 2.33. The van der Waals surface area contributed by atoms with E-state index in [4.69, 9.17) is 25.5 Å². The summed E-state index contributed by atoms with van der Waals surface area (Å²) in [5.41, 5.74) is 1.59. The fourth-order valence-corrected chi connectivity index (χ4v) is 1.56. The third-order valence-electron chi connectivity index (χ3n) is 2.14. The Bertz CT molecular complexity index is 471. The van der Waals surface area contributed by atoms with Crippen LogP contribution in [0.2, 0.25) is 5.15 Å². The van der Waals surface area contributed by atoms with Crippen LogP contribution in [0.3, 0.4) is 0 Å². The smallest absolute Gasteiger partial charge is 0.133 e. The minimum Gasteiger partial charge on any atom is -0.491 e. The highest BCUT2D eigenvalue weighted by molar-refractivity contribution is 6.29. The topological polar surface area (TPSA) is 44.5 Å². The molecule has 0 saturated heterocycles. The van der Waals surface area contributed by atoms with Crippen molar-refractivity contribution in [2.45, 2.75) is 0 Å². The largest absolute Gasteiger partial charge is 0.491 e. The lowest BCUT2D eigenvalue weighted by Crippen LogP contribution is -2.04. The van der Waals surface area contributed by atoms with E-state index in [1.54, 1.807) is 25.7 Å². The van der Waals surface area contributed by atoms with Crippen LogP contribution in [0.25, 0.3) is 11.3 Å². The van der Waals surface area contributed by atoms with E-state index in [1.165, 1.54) is 0 Å². The molecule has 0 saturated carbocycles. The summed E-state index contributed by atoms with van der Waals surface area (Å²) in [5, 5.41) is 0.385. The number of hydrogen-bond donors (Lipinski definition) is 0. The maximum atomic E-state index is 5.93. The van der Waals surface area contributed by atoms with Crippen LogP contribution < -0.4 is 4.74 Å². The molecule has 0 aliphatic rings. The zero-order valence-corrected chi connectivity index (χ0v) is 10.1. The average Bonchev–Trinajstić information content (AvgIpc) is 2.82. The first-order valence-corrected chi connectivity index (χ1v) is 5.49. The summed E-state index contributed by atoms with van der Waals surface area (Å²) < 4.78 is 15.4. The molecule has 2 heterocycles. The number of hydrogen-bond acceptors (Lipinski definition) is 4. The summed E-state index contributed by atoms with van der Waals surface area (Å²) in [4.78, 5) is 4.20. The molecule has 0 aliphatic heterocycles. The van der Waals surface area contributed by atoms with Crippen molar-refractivity contribution in [3.63, 3.8) is 0 Å². The van der Waals surface area contributed by atoms with Crippen molar-refractivity contribution < 1.29 is 13.9 Å². The Morgan fingerprint density at radius 2 is 2.24 bits per heavy atom. The summed E-state index contributed by atoms with van der Waals surface area (Å²) in [7, 11) is 1.62. The highest BCUT2D eigenvalue weighted by Crippen LogP contribution is 2.25. The Hall–Kier alpha value is -1.52. The molecule has 0 spiro atoms. The summed E-state index contributed by atoms with van der Waals surface area (Å²) in [6.45, 7) is 1.00. The maximum absolute atomic E-state index is 5.93. The van der Waals surface area contributed by atoms with Crippen LogP contribution >= 0.6 is 11.6 Å². The summed E-state index contributed by atoms with van der Waals surface area (Å²) in [6.07, 6.45) is 3.20. The van der Waals surface area contributed by atoms with Gasteiger partial charge >= 0.3 is 0 Å². The molecule has 2 aromatic heterocycles. The predicted octanol–water partition coefficient (Wildman–Crippen LogP) is 3.02. The van der Waals surface area contributed by atoms with E-state index in [9.17, 15) is 0 Å².